The van der Waals surface area contributed by atoms with Gasteiger partial charge in [-0.05, 0) is 37.3 Å². The molecule has 0 aromatic heterocycles. The second kappa shape index (κ2) is 5.19. The van der Waals surface area contributed by atoms with E-state index in [2.05, 4.69) is 12.2 Å². The Bertz CT molecular complexity index is 399. The zero-order chi connectivity index (χ0) is 13.2. The quantitative estimate of drug-likeness (QED) is 0.721. The Labute approximate surface area is 109 Å². The molecule has 1 saturated carbocycles. The van der Waals surface area contributed by atoms with Crippen LogP contribution in [0.25, 0.3) is 0 Å². The summed E-state index contributed by atoms with van der Waals surface area (Å²) < 4.78 is 0. The van der Waals surface area contributed by atoms with Crippen molar-refractivity contribution in [1.29, 1.82) is 0 Å². The van der Waals surface area contributed by atoms with Crippen molar-refractivity contribution in [2.45, 2.75) is 45.1 Å². The fourth-order valence-corrected chi connectivity index (χ4v) is 2.98. The summed E-state index contributed by atoms with van der Waals surface area (Å²) in [6.45, 7) is 4.84. The predicted octanol–water partition coefficient (Wildman–Crippen LogP) is 2.93. The third-order valence-electron chi connectivity index (χ3n) is 3.97. The summed E-state index contributed by atoms with van der Waals surface area (Å²) in [5.41, 5.74) is 8.23. The van der Waals surface area contributed by atoms with Gasteiger partial charge in [-0.2, -0.15) is 0 Å². The van der Waals surface area contributed by atoms with E-state index in [0.29, 0.717) is 12.5 Å². The average Bonchev–Trinajstić information content (AvgIpc) is 2.28. The van der Waals surface area contributed by atoms with Crippen molar-refractivity contribution in [3.8, 4) is 0 Å². The zero-order valence-corrected chi connectivity index (χ0v) is 11.4. The highest BCUT2D eigenvalue weighted by Gasteiger charge is 2.32. The van der Waals surface area contributed by atoms with Crippen LogP contribution in [-0.2, 0) is 0 Å². The lowest BCUT2D eigenvalue weighted by Gasteiger charge is -2.36. The van der Waals surface area contributed by atoms with Crippen molar-refractivity contribution in [3.63, 3.8) is 0 Å². The van der Waals surface area contributed by atoms with Gasteiger partial charge in [-0.3, -0.25) is 0 Å². The number of nitrogen functional groups attached to an aromatic ring is 1. The first-order valence-electron chi connectivity index (χ1n) is 6.81. The molecule has 18 heavy (non-hydrogen) atoms. The number of anilines is 2. The van der Waals surface area contributed by atoms with Crippen molar-refractivity contribution < 1.29 is 5.11 Å². The fourth-order valence-electron chi connectivity index (χ4n) is 2.98. The van der Waals surface area contributed by atoms with E-state index in [1.165, 1.54) is 6.42 Å². The van der Waals surface area contributed by atoms with Crippen molar-refractivity contribution >= 4 is 11.4 Å². The zero-order valence-electron chi connectivity index (χ0n) is 11.4. The van der Waals surface area contributed by atoms with Crippen molar-refractivity contribution in [1.82, 2.24) is 0 Å². The lowest BCUT2D eigenvalue weighted by molar-refractivity contribution is -0.000752. The van der Waals surface area contributed by atoms with Crippen LogP contribution >= 0.6 is 0 Å². The molecular formula is C15H24N2O. The molecule has 0 aliphatic heterocycles. The number of hydrogen-bond donors (Lipinski definition) is 3. The molecule has 0 heterocycles. The van der Waals surface area contributed by atoms with Crippen LogP contribution in [0.15, 0.2) is 18.2 Å². The summed E-state index contributed by atoms with van der Waals surface area (Å²) in [4.78, 5) is 0. The molecule has 3 nitrogen and oxygen atoms in total. The number of rotatable bonds is 3. The highest BCUT2D eigenvalue weighted by molar-refractivity contribution is 5.69. The SMILES string of the molecule is Cc1cccc(N)c1NCC1(O)CCCC(C)C1. The number of aryl methyl sites for hydroxylation is 1. The van der Waals surface area contributed by atoms with Gasteiger partial charge >= 0.3 is 0 Å². The monoisotopic (exact) mass is 248 g/mol. The van der Waals surface area contributed by atoms with Crippen LogP contribution in [0.5, 0.6) is 0 Å². The van der Waals surface area contributed by atoms with Gasteiger partial charge in [-0.15, -0.1) is 0 Å². The molecule has 3 heteroatoms. The molecule has 1 aromatic carbocycles. The molecule has 100 valence electrons. The standard InChI is InChI=1S/C15H24N2O/c1-11-5-4-8-15(18,9-11)10-17-14-12(2)6-3-7-13(14)16/h3,6-7,11,17-18H,4-5,8-10,16H2,1-2H3. The first kappa shape index (κ1) is 13.2. The first-order valence-corrected chi connectivity index (χ1v) is 6.81. The van der Waals surface area contributed by atoms with E-state index in [4.69, 9.17) is 5.73 Å². The average molecular weight is 248 g/mol. The van der Waals surface area contributed by atoms with Gasteiger partial charge < -0.3 is 16.2 Å². The minimum Gasteiger partial charge on any atom is -0.397 e. The summed E-state index contributed by atoms with van der Waals surface area (Å²) >= 11 is 0. The van der Waals surface area contributed by atoms with Gasteiger partial charge in [-0.1, -0.05) is 31.9 Å². The van der Waals surface area contributed by atoms with Gasteiger partial charge in [0, 0.05) is 6.54 Å². The van der Waals surface area contributed by atoms with Gasteiger partial charge in [-0.25, -0.2) is 0 Å². The van der Waals surface area contributed by atoms with Gasteiger partial charge in [0.25, 0.3) is 0 Å². The Morgan fingerprint density at radius 3 is 2.94 bits per heavy atom. The van der Waals surface area contributed by atoms with E-state index in [1.54, 1.807) is 0 Å². The van der Waals surface area contributed by atoms with Crippen molar-refractivity contribution in [3.05, 3.63) is 23.8 Å². The number of benzene rings is 1. The molecule has 2 rings (SSSR count). The number of nitrogens with two attached hydrogens (primary N) is 1. The highest BCUT2D eigenvalue weighted by Crippen LogP contribution is 2.33. The van der Waals surface area contributed by atoms with E-state index in [1.807, 2.05) is 25.1 Å². The molecule has 2 atom stereocenters. The summed E-state index contributed by atoms with van der Waals surface area (Å²) in [6, 6.07) is 5.88. The Morgan fingerprint density at radius 1 is 1.50 bits per heavy atom. The Hall–Kier alpha value is -1.22. The maximum absolute atomic E-state index is 10.6. The third-order valence-corrected chi connectivity index (χ3v) is 3.97. The molecule has 1 aliphatic carbocycles. The van der Waals surface area contributed by atoms with Crippen molar-refractivity contribution in [2.24, 2.45) is 5.92 Å². The molecule has 0 saturated heterocycles. The van der Waals surface area contributed by atoms with Gasteiger partial charge in [0.15, 0.2) is 0 Å². The maximum atomic E-state index is 10.6. The van der Waals surface area contributed by atoms with Crippen LogP contribution in [-0.4, -0.2) is 17.3 Å². The minimum absolute atomic E-state index is 0.577. The third kappa shape index (κ3) is 2.96. The number of hydrogen-bond acceptors (Lipinski definition) is 3. The Balaban J connectivity index is 2.02. The van der Waals surface area contributed by atoms with Crippen LogP contribution < -0.4 is 11.1 Å². The van der Waals surface area contributed by atoms with E-state index < -0.39 is 5.60 Å². The van der Waals surface area contributed by atoms with Gasteiger partial charge in [0.2, 0.25) is 0 Å². The Morgan fingerprint density at radius 2 is 2.28 bits per heavy atom. The van der Waals surface area contributed by atoms with Gasteiger partial charge in [0.05, 0.1) is 17.0 Å². The number of aliphatic hydroxyl groups is 1. The largest absolute Gasteiger partial charge is 0.397 e. The lowest BCUT2D eigenvalue weighted by Crippen LogP contribution is -2.41. The predicted molar refractivity (Wildman–Crippen MR) is 76.7 cm³/mol. The molecule has 1 fully saturated rings. The van der Waals surface area contributed by atoms with E-state index in [0.717, 1.165) is 36.2 Å². The van der Waals surface area contributed by atoms with Crippen molar-refractivity contribution in [2.75, 3.05) is 17.6 Å². The second-order valence-corrected chi connectivity index (χ2v) is 5.82. The van der Waals surface area contributed by atoms with Crippen LogP contribution in [0.3, 0.4) is 0 Å². The number of nitrogens with one attached hydrogen (secondary N) is 1. The topological polar surface area (TPSA) is 58.3 Å². The first-order chi connectivity index (χ1) is 8.50. The van der Waals surface area contributed by atoms with Gasteiger partial charge in [0.1, 0.15) is 0 Å². The molecule has 0 radical (unpaired) electrons. The molecular weight excluding hydrogens is 224 g/mol. The molecule has 1 aromatic rings. The van der Waals surface area contributed by atoms with Crippen LogP contribution in [0.4, 0.5) is 11.4 Å². The Kier molecular flexibility index (Phi) is 3.81. The lowest BCUT2D eigenvalue weighted by atomic mass is 9.79. The fraction of sp³-hybridized carbons (Fsp3) is 0.600. The summed E-state index contributed by atoms with van der Waals surface area (Å²) in [7, 11) is 0. The van der Waals surface area contributed by atoms with E-state index in [9.17, 15) is 5.11 Å². The molecule has 2 unspecified atom stereocenters. The highest BCUT2D eigenvalue weighted by atomic mass is 16.3. The molecule has 4 N–H and O–H groups in total. The number of para-hydroxylation sites is 1. The van der Waals surface area contributed by atoms with E-state index >= 15 is 0 Å². The minimum atomic E-state index is -0.577. The molecule has 0 spiro atoms. The molecule has 0 bridgehead atoms. The summed E-state index contributed by atoms with van der Waals surface area (Å²) in [6.07, 6.45) is 4.11. The summed E-state index contributed by atoms with van der Waals surface area (Å²) in [5, 5.41) is 13.9. The maximum Gasteiger partial charge on any atom is 0.0821 e. The smallest absolute Gasteiger partial charge is 0.0821 e. The summed E-state index contributed by atoms with van der Waals surface area (Å²) in [5.74, 6) is 0.611. The molecule has 0 amide bonds. The van der Waals surface area contributed by atoms with Crippen LogP contribution in [0.1, 0.15) is 38.2 Å². The second-order valence-electron chi connectivity index (χ2n) is 5.82. The molecule has 1 aliphatic rings. The normalized spacial score (nSPS) is 28.1. The van der Waals surface area contributed by atoms with Crippen LogP contribution in [0, 0.1) is 12.8 Å². The van der Waals surface area contributed by atoms with Crippen LogP contribution in [0.2, 0.25) is 0 Å². The van der Waals surface area contributed by atoms with E-state index in [-0.39, 0.29) is 0 Å².